The van der Waals surface area contributed by atoms with Gasteiger partial charge in [0, 0.05) is 0 Å². The van der Waals surface area contributed by atoms with Crippen LogP contribution in [0.1, 0.15) is 5.56 Å². The van der Waals surface area contributed by atoms with Crippen molar-refractivity contribution in [3.63, 3.8) is 0 Å². The zero-order valence-electron chi connectivity index (χ0n) is 11.0. The minimum Gasteiger partial charge on any atom is -0.453 e. The number of halogens is 2. The Kier molecular flexibility index (Phi) is 3.90. The van der Waals surface area contributed by atoms with Gasteiger partial charge in [0.1, 0.15) is 5.75 Å². The standard InChI is InChI=1S/C17H12BrFO2/c18-17-13-4-2-1-3-12(13)6-8-16(17)21-15-7-5-11(10-20)9-14(15)19/h1-9,20H,10H2. The quantitative estimate of drug-likeness (QED) is 0.720. The van der Waals surface area contributed by atoms with Crippen molar-refractivity contribution in [2.75, 3.05) is 0 Å². The molecule has 3 aromatic carbocycles. The second-order valence-electron chi connectivity index (χ2n) is 4.62. The fourth-order valence-corrected chi connectivity index (χ4v) is 2.71. The summed E-state index contributed by atoms with van der Waals surface area (Å²) in [6, 6.07) is 16.0. The highest BCUT2D eigenvalue weighted by Crippen LogP contribution is 2.36. The summed E-state index contributed by atoms with van der Waals surface area (Å²) in [4.78, 5) is 0. The second-order valence-corrected chi connectivity index (χ2v) is 5.42. The van der Waals surface area contributed by atoms with Crippen molar-refractivity contribution in [3.8, 4) is 11.5 Å². The summed E-state index contributed by atoms with van der Waals surface area (Å²) in [6.07, 6.45) is 0. The van der Waals surface area contributed by atoms with E-state index in [-0.39, 0.29) is 12.4 Å². The Morgan fingerprint density at radius 1 is 1.00 bits per heavy atom. The molecule has 0 saturated carbocycles. The molecule has 0 unspecified atom stereocenters. The average molecular weight is 347 g/mol. The number of aliphatic hydroxyl groups is 1. The van der Waals surface area contributed by atoms with Crippen LogP contribution in [-0.4, -0.2) is 5.11 Å². The van der Waals surface area contributed by atoms with Crippen LogP contribution in [-0.2, 0) is 6.61 Å². The van der Waals surface area contributed by atoms with Gasteiger partial charge in [0.15, 0.2) is 11.6 Å². The van der Waals surface area contributed by atoms with E-state index in [0.29, 0.717) is 11.3 Å². The Morgan fingerprint density at radius 3 is 2.52 bits per heavy atom. The summed E-state index contributed by atoms with van der Waals surface area (Å²) in [5, 5.41) is 11.1. The van der Waals surface area contributed by atoms with Gasteiger partial charge in [-0.15, -0.1) is 0 Å². The molecule has 0 aromatic heterocycles. The van der Waals surface area contributed by atoms with Crippen molar-refractivity contribution < 1.29 is 14.2 Å². The molecule has 1 N–H and O–H groups in total. The molecule has 0 spiro atoms. The Labute approximate surface area is 129 Å². The molecule has 0 heterocycles. The van der Waals surface area contributed by atoms with E-state index in [0.717, 1.165) is 15.2 Å². The molecule has 0 saturated heterocycles. The summed E-state index contributed by atoms with van der Waals surface area (Å²) in [5.74, 6) is 0.175. The van der Waals surface area contributed by atoms with Crippen molar-refractivity contribution in [1.82, 2.24) is 0 Å². The summed E-state index contributed by atoms with van der Waals surface area (Å²) < 4.78 is 20.3. The number of hydrogen-bond donors (Lipinski definition) is 1. The molecule has 3 aromatic rings. The molecule has 3 rings (SSSR count). The Hall–Kier alpha value is -1.91. The van der Waals surface area contributed by atoms with Crippen LogP contribution in [0.15, 0.2) is 59.1 Å². The Bertz CT molecular complexity index is 802. The first-order valence-corrected chi connectivity index (χ1v) is 7.23. The van der Waals surface area contributed by atoms with Gasteiger partial charge < -0.3 is 9.84 Å². The first-order chi connectivity index (χ1) is 10.2. The molecular formula is C17H12BrFO2. The van der Waals surface area contributed by atoms with Crippen molar-refractivity contribution in [2.24, 2.45) is 0 Å². The third kappa shape index (κ3) is 2.77. The SMILES string of the molecule is OCc1ccc(Oc2ccc3ccccc3c2Br)c(F)c1. The lowest BCUT2D eigenvalue weighted by Crippen LogP contribution is -1.92. The maximum absolute atomic E-state index is 13.9. The average Bonchev–Trinajstić information content (AvgIpc) is 2.52. The first kappa shape index (κ1) is 14.0. The van der Waals surface area contributed by atoms with Crippen LogP contribution in [0.5, 0.6) is 11.5 Å². The van der Waals surface area contributed by atoms with Gasteiger partial charge >= 0.3 is 0 Å². The van der Waals surface area contributed by atoms with E-state index in [1.54, 1.807) is 12.1 Å². The number of hydrogen-bond acceptors (Lipinski definition) is 2. The normalized spacial score (nSPS) is 10.8. The highest BCUT2D eigenvalue weighted by atomic mass is 79.9. The van der Waals surface area contributed by atoms with Crippen molar-refractivity contribution in [1.29, 1.82) is 0 Å². The van der Waals surface area contributed by atoms with E-state index in [9.17, 15) is 4.39 Å². The highest BCUT2D eigenvalue weighted by molar-refractivity contribution is 9.10. The van der Waals surface area contributed by atoms with E-state index in [2.05, 4.69) is 15.9 Å². The number of fused-ring (bicyclic) bond motifs is 1. The molecular weight excluding hydrogens is 335 g/mol. The van der Waals surface area contributed by atoms with Gasteiger partial charge in [-0.25, -0.2) is 4.39 Å². The fraction of sp³-hybridized carbons (Fsp3) is 0.0588. The number of rotatable bonds is 3. The molecule has 0 aliphatic heterocycles. The lowest BCUT2D eigenvalue weighted by molar-refractivity contribution is 0.281. The van der Waals surface area contributed by atoms with Crippen molar-refractivity contribution in [2.45, 2.75) is 6.61 Å². The van der Waals surface area contributed by atoms with Crippen LogP contribution in [0.4, 0.5) is 4.39 Å². The van der Waals surface area contributed by atoms with Gasteiger partial charge in [0.05, 0.1) is 11.1 Å². The second kappa shape index (κ2) is 5.84. The summed E-state index contributed by atoms with van der Waals surface area (Å²) >= 11 is 3.50. The topological polar surface area (TPSA) is 29.5 Å². The molecule has 0 amide bonds. The largest absolute Gasteiger partial charge is 0.453 e. The molecule has 4 heteroatoms. The van der Waals surface area contributed by atoms with Crippen LogP contribution >= 0.6 is 15.9 Å². The summed E-state index contributed by atoms with van der Waals surface area (Å²) in [5.41, 5.74) is 0.512. The Balaban J connectivity index is 2.00. The minimum absolute atomic E-state index is 0.128. The third-order valence-corrected chi connectivity index (χ3v) is 4.04. The van der Waals surface area contributed by atoms with E-state index < -0.39 is 5.82 Å². The van der Waals surface area contributed by atoms with Crippen LogP contribution in [0.25, 0.3) is 10.8 Å². The lowest BCUT2D eigenvalue weighted by atomic mass is 10.1. The van der Waals surface area contributed by atoms with Gasteiger partial charge in [0.25, 0.3) is 0 Å². The predicted octanol–water partition coefficient (Wildman–Crippen LogP) is 5.03. The molecule has 0 fully saturated rings. The molecule has 0 aliphatic rings. The molecule has 0 bridgehead atoms. The maximum Gasteiger partial charge on any atom is 0.166 e. The minimum atomic E-state index is -0.499. The molecule has 106 valence electrons. The monoisotopic (exact) mass is 346 g/mol. The number of aliphatic hydroxyl groups excluding tert-OH is 1. The summed E-state index contributed by atoms with van der Waals surface area (Å²) in [6.45, 7) is -0.198. The molecule has 21 heavy (non-hydrogen) atoms. The maximum atomic E-state index is 13.9. The molecule has 0 radical (unpaired) electrons. The van der Waals surface area contributed by atoms with Crippen LogP contribution in [0.2, 0.25) is 0 Å². The number of ether oxygens (including phenoxy) is 1. The molecule has 0 aliphatic carbocycles. The zero-order valence-corrected chi connectivity index (χ0v) is 12.6. The van der Waals surface area contributed by atoms with E-state index in [4.69, 9.17) is 9.84 Å². The zero-order chi connectivity index (χ0) is 14.8. The van der Waals surface area contributed by atoms with Crippen LogP contribution in [0.3, 0.4) is 0 Å². The van der Waals surface area contributed by atoms with Gasteiger partial charge in [-0.05, 0) is 50.5 Å². The van der Waals surface area contributed by atoms with E-state index in [1.807, 2.05) is 30.3 Å². The van der Waals surface area contributed by atoms with Gasteiger partial charge in [-0.2, -0.15) is 0 Å². The molecule has 0 atom stereocenters. The van der Waals surface area contributed by atoms with E-state index >= 15 is 0 Å². The van der Waals surface area contributed by atoms with Gasteiger partial charge in [-0.1, -0.05) is 36.4 Å². The van der Waals surface area contributed by atoms with Crippen LogP contribution in [0, 0.1) is 5.82 Å². The molecule has 2 nitrogen and oxygen atoms in total. The van der Waals surface area contributed by atoms with Crippen molar-refractivity contribution >= 4 is 26.7 Å². The van der Waals surface area contributed by atoms with Crippen LogP contribution < -0.4 is 4.74 Å². The third-order valence-electron chi connectivity index (χ3n) is 3.23. The van der Waals surface area contributed by atoms with Gasteiger partial charge in [-0.3, -0.25) is 0 Å². The smallest absolute Gasteiger partial charge is 0.166 e. The van der Waals surface area contributed by atoms with Crippen molar-refractivity contribution in [3.05, 3.63) is 70.5 Å². The summed E-state index contributed by atoms with van der Waals surface area (Å²) in [7, 11) is 0. The number of benzene rings is 3. The Morgan fingerprint density at radius 2 is 1.76 bits per heavy atom. The lowest BCUT2D eigenvalue weighted by Gasteiger charge is -2.11. The fourth-order valence-electron chi connectivity index (χ4n) is 2.14. The predicted molar refractivity (Wildman–Crippen MR) is 84.0 cm³/mol. The highest BCUT2D eigenvalue weighted by Gasteiger charge is 2.10. The van der Waals surface area contributed by atoms with E-state index in [1.165, 1.54) is 12.1 Å². The van der Waals surface area contributed by atoms with Gasteiger partial charge in [0.2, 0.25) is 0 Å². The first-order valence-electron chi connectivity index (χ1n) is 6.43.